The largest absolute Gasteiger partial charge is 0.179 e. The molecular weight excluding hydrogens is 268 g/mol. The van der Waals surface area contributed by atoms with E-state index >= 15 is 0 Å². The number of thiol groups is 1. The number of hydrogen-bond acceptors (Lipinski definition) is 2. The molecule has 0 saturated heterocycles. The second-order valence-corrected chi connectivity index (χ2v) is 6.19. The van der Waals surface area contributed by atoms with Crippen LogP contribution in [-0.4, -0.2) is 11.5 Å². The molecular formula is C17H20S2. The molecule has 2 aromatic carbocycles. The van der Waals surface area contributed by atoms with Crippen molar-refractivity contribution in [1.82, 2.24) is 0 Å². The smallest absolute Gasteiger partial charge is 0.0184 e. The first-order chi connectivity index (χ1) is 9.29. The summed E-state index contributed by atoms with van der Waals surface area (Å²) in [4.78, 5) is 0. The molecule has 2 heteroatoms. The van der Waals surface area contributed by atoms with Gasteiger partial charge < -0.3 is 0 Å². The summed E-state index contributed by atoms with van der Waals surface area (Å²) < 4.78 is 0. The van der Waals surface area contributed by atoms with Crippen molar-refractivity contribution in [3.8, 4) is 0 Å². The minimum absolute atomic E-state index is 0.541. The molecule has 0 bridgehead atoms. The minimum Gasteiger partial charge on any atom is -0.179 e. The number of thioether (sulfide) groups is 1. The number of benzene rings is 2. The molecule has 0 spiro atoms. The van der Waals surface area contributed by atoms with Gasteiger partial charge in [-0.3, -0.25) is 0 Å². The van der Waals surface area contributed by atoms with E-state index in [2.05, 4.69) is 74.1 Å². The van der Waals surface area contributed by atoms with Gasteiger partial charge in [-0.2, -0.15) is 24.4 Å². The Balaban J connectivity index is 1.87. The van der Waals surface area contributed by atoms with Crippen molar-refractivity contribution < 1.29 is 0 Å². The maximum absolute atomic E-state index is 4.49. The van der Waals surface area contributed by atoms with E-state index in [0.29, 0.717) is 5.92 Å². The van der Waals surface area contributed by atoms with Gasteiger partial charge in [0.15, 0.2) is 0 Å². The Kier molecular flexibility index (Phi) is 5.87. The molecule has 0 aliphatic heterocycles. The lowest BCUT2D eigenvalue weighted by Crippen LogP contribution is -2.04. The number of aryl methyl sites for hydroxylation is 1. The van der Waals surface area contributed by atoms with E-state index in [1.165, 1.54) is 16.7 Å². The van der Waals surface area contributed by atoms with Gasteiger partial charge in [-0.25, -0.2) is 0 Å². The molecule has 0 radical (unpaired) electrons. The zero-order valence-electron chi connectivity index (χ0n) is 11.3. The highest BCUT2D eigenvalue weighted by atomic mass is 32.2. The van der Waals surface area contributed by atoms with Crippen molar-refractivity contribution >= 4 is 24.4 Å². The molecule has 2 rings (SSSR count). The van der Waals surface area contributed by atoms with E-state index in [9.17, 15) is 0 Å². The highest BCUT2D eigenvalue weighted by Gasteiger charge is 2.09. The maximum atomic E-state index is 4.49. The van der Waals surface area contributed by atoms with Crippen LogP contribution in [0.15, 0.2) is 54.6 Å². The predicted molar refractivity (Wildman–Crippen MR) is 90.4 cm³/mol. The van der Waals surface area contributed by atoms with E-state index in [0.717, 1.165) is 17.3 Å². The second kappa shape index (κ2) is 7.66. The molecule has 0 amide bonds. The van der Waals surface area contributed by atoms with Gasteiger partial charge in [-0.05, 0) is 23.8 Å². The zero-order chi connectivity index (χ0) is 13.5. The van der Waals surface area contributed by atoms with E-state index in [4.69, 9.17) is 0 Å². The van der Waals surface area contributed by atoms with Gasteiger partial charge in [0, 0.05) is 17.4 Å². The highest BCUT2D eigenvalue weighted by Crippen LogP contribution is 2.24. The quantitative estimate of drug-likeness (QED) is 0.734. The van der Waals surface area contributed by atoms with E-state index in [-0.39, 0.29) is 0 Å². The summed E-state index contributed by atoms with van der Waals surface area (Å²) in [5, 5.41) is 0. The summed E-state index contributed by atoms with van der Waals surface area (Å²) in [7, 11) is 0. The van der Waals surface area contributed by atoms with Crippen molar-refractivity contribution in [3.63, 3.8) is 0 Å². The van der Waals surface area contributed by atoms with Crippen LogP contribution in [0.4, 0.5) is 0 Å². The third-order valence-corrected chi connectivity index (χ3v) is 4.78. The van der Waals surface area contributed by atoms with Gasteiger partial charge in [-0.15, -0.1) is 0 Å². The molecule has 0 aliphatic carbocycles. The van der Waals surface area contributed by atoms with Crippen molar-refractivity contribution in [3.05, 3.63) is 71.3 Å². The third kappa shape index (κ3) is 4.63. The Morgan fingerprint density at radius 3 is 2.53 bits per heavy atom. The summed E-state index contributed by atoms with van der Waals surface area (Å²) in [6.45, 7) is 2.15. The van der Waals surface area contributed by atoms with Crippen LogP contribution in [0.2, 0.25) is 0 Å². The first-order valence-corrected chi connectivity index (χ1v) is 8.37. The van der Waals surface area contributed by atoms with Crippen LogP contribution in [0.25, 0.3) is 0 Å². The van der Waals surface area contributed by atoms with Crippen LogP contribution in [0.1, 0.15) is 22.6 Å². The molecule has 0 fully saturated rings. The molecule has 0 saturated carbocycles. The van der Waals surface area contributed by atoms with Crippen LogP contribution >= 0.6 is 24.4 Å². The van der Waals surface area contributed by atoms with Crippen LogP contribution < -0.4 is 0 Å². The van der Waals surface area contributed by atoms with Crippen molar-refractivity contribution in [1.29, 1.82) is 0 Å². The minimum atomic E-state index is 0.541. The van der Waals surface area contributed by atoms with E-state index < -0.39 is 0 Å². The van der Waals surface area contributed by atoms with Crippen LogP contribution in [0.3, 0.4) is 0 Å². The molecule has 1 unspecified atom stereocenters. The highest BCUT2D eigenvalue weighted by molar-refractivity contribution is 7.98. The summed E-state index contributed by atoms with van der Waals surface area (Å²) in [6, 6.07) is 19.5. The van der Waals surface area contributed by atoms with Gasteiger partial charge in [0.05, 0.1) is 0 Å². The predicted octanol–water partition coefficient (Wildman–Crippen LogP) is 4.94. The lowest BCUT2D eigenvalue weighted by Gasteiger charge is -2.14. The fraction of sp³-hybridized carbons (Fsp3) is 0.294. The Morgan fingerprint density at radius 1 is 1.05 bits per heavy atom. The van der Waals surface area contributed by atoms with Crippen molar-refractivity contribution in [2.75, 3.05) is 11.5 Å². The monoisotopic (exact) mass is 288 g/mol. The summed E-state index contributed by atoms with van der Waals surface area (Å²) in [6.07, 6.45) is 0. The normalized spacial score (nSPS) is 12.3. The standard InChI is InChI=1S/C17H20S2/c1-14-6-5-7-15(10-14)12-19-13-17(11-18)16-8-3-2-4-9-16/h2-10,17-18H,11-13H2,1H3. The van der Waals surface area contributed by atoms with Crippen LogP contribution in [-0.2, 0) is 5.75 Å². The van der Waals surface area contributed by atoms with Gasteiger partial charge in [0.25, 0.3) is 0 Å². The first-order valence-electron chi connectivity index (χ1n) is 6.58. The van der Waals surface area contributed by atoms with Crippen LogP contribution in [0.5, 0.6) is 0 Å². The molecule has 2 aromatic rings. The first kappa shape index (κ1) is 14.5. The molecule has 0 heterocycles. The average Bonchev–Trinajstić information content (AvgIpc) is 2.45. The van der Waals surface area contributed by atoms with E-state index in [1.807, 2.05) is 11.8 Å². The fourth-order valence-corrected chi connectivity index (χ4v) is 3.74. The molecule has 1 atom stereocenters. The number of rotatable bonds is 6. The molecule has 0 aliphatic rings. The molecule has 0 nitrogen and oxygen atoms in total. The lowest BCUT2D eigenvalue weighted by molar-refractivity contribution is 0.898. The summed E-state index contributed by atoms with van der Waals surface area (Å²) >= 11 is 6.48. The third-order valence-electron chi connectivity index (χ3n) is 3.16. The average molecular weight is 288 g/mol. The fourth-order valence-electron chi connectivity index (χ4n) is 2.10. The summed E-state index contributed by atoms with van der Waals surface area (Å²) in [5.41, 5.74) is 4.15. The Labute approximate surface area is 126 Å². The van der Waals surface area contributed by atoms with Crippen molar-refractivity contribution in [2.24, 2.45) is 0 Å². The second-order valence-electron chi connectivity index (χ2n) is 4.79. The molecule has 0 N–H and O–H groups in total. The van der Waals surface area contributed by atoms with E-state index in [1.54, 1.807) is 0 Å². The topological polar surface area (TPSA) is 0 Å². The van der Waals surface area contributed by atoms with Crippen molar-refractivity contribution in [2.45, 2.75) is 18.6 Å². The van der Waals surface area contributed by atoms with Gasteiger partial charge in [-0.1, -0.05) is 60.2 Å². The molecule has 0 aromatic heterocycles. The summed E-state index contributed by atoms with van der Waals surface area (Å²) in [5.74, 6) is 3.66. The van der Waals surface area contributed by atoms with Crippen LogP contribution in [0, 0.1) is 6.92 Å². The Bertz CT molecular complexity index is 494. The molecule has 19 heavy (non-hydrogen) atoms. The van der Waals surface area contributed by atoms with Gasteiger partial charge in [0.1, 0.15) is 0 Å². The SMILES string of the molecule is Cc1cccc(CSCC(CS)c2ccccc2)c1. The lowest BCUT2D eigenvalue weighted by atomic mass is 10.0. The zero-order valence-corrected chi connectivity index (χ0v) is 13.0. The van der Waals surface area contributed by atoms with Gasteiger partial charge in [0.2, 0.25) is 0 Å². The Morgan fingerprint density at radius 2 is 1.84 bits per heavy atom. The van der Waals surface area contributed by atoms with Gasteiger partial charge >= 0.3 is 0 Å². The Hall–Kier alpha value is -0.860. The number of hydrogen-bond donors (Lipinski definition) is 1. The maximum Gasteiger partial charge on any atom is 0.0184 e. The molecule has 100 valence electrons.